The lowest BCUT2D eigenvalue weighted by Crippen LogP contribution is -2.40. The number of fused-ring (bicyclic) bond motifs is 2. The van der Waals surface area contributed by atoms with E-state index in [-0.39, 0.29) is 11.5 Å². The van der Waals surface area contributed by atoms with E-state index < -0.39 is 0 Å². The summed E-state index contributed by atoms with van der Waals surface area (Å²) in [7, 11) is 0. The van der Waals surface area contributed by atoms with E-state index in [4.69, 9.17) is 0 Å². The topological polar surface area (TPSA) is 67.2 Å². The van der Waals surface area contributed by atoms with Crippen LogP contribution in [-0.2, 0) is 13.0 Å². The SMILES string of the molecule is CC[C@@H]1CCCCN1CCCNC(=O)c1ccc2c(=O)n3c(nc2c1)CCCC3. The predicted molar refractivity (Wildman–Crippen MR) is 115 cm³/mol. The van der Waals surface area contributed by atoms with Crippen LogP contribution in [0.4, 0.5) is 0 Å². The van der Waals surface area contributed by atoms with Gasteiger partial charge in [0, 0.05) is 37.7 Å². The van der Waals surface area contributed by atoms with Gasteiger partial charge in [-0.2, -0.15) is 0 Å². The standard InChI is InChI=1S/C23H32N4O2/c1-2-18-8-3-5-13-26(18)14-7-12-24-22(28)17-10-11-19-20(16-17)25-21-9-4-6-15-27(21)23(19)29/h10-11,16,18H,2-9,12-15H2,1H3,(H,24,28)/t18-/m1/s1. The molecule has 1 atom stereocenters. The number of nitrogens with one attached hydrogen (secondary N) is 1. The first-order valence-corrected chi connectivity index (χ1v) is 11.2. The normalized spacial score (nSPS) is 19.8. The predicted octanol–water partition coefficient (Wildman–Crippen LogP) is 3.12. The highest BCUT2D eigenvalue weighted by molar-refractivity contribution is 5.97. The maximum absolute atomic E-state index is 12.7. The molecule has 0 aliphatic carbocycles. The minimum Gasteiger partial charge on any atom is -0.352 e. The number of rotatable bonds is 6. The summed E-state index contributed by atoms with van der Waals surface area (Å²) >= 11 is 0. The molecule has 0 unspecified atom stereocenters. The molecule has 4 rings (SSSR count). The van der Waals surface area contributed by atoms with Crippen LogP contribution in [0.2, 0.25) is 0 Å². The van der Waals surface area contributed by atoms with Crippen molar-refractivity contribution in [2.45, 2.75) is 70.9 Å². The zero-order chi connectivity index (χ0) is 20.2. The molecular formula is C23H32N4O2. The van der Waals surface area contributed by atoms with Crippen LogP contribution in [0.5, 0.6) is 0 Å². The average Bonchev–Trinajstić information content (AvgIpc) is 2.76. The smallest absolute Gasteiger partial charge is 0.261 e. The minimum absolute atomic E-state index is 0.0173. The third-order valence-corrected chi connectivity index (χ3v) is 6.46. The van der Waals surface area contributed by atoms with Crippen molar-refractivity contribution in [3.63, 3.8) is 0 Å². The summed E-state index contributed by atoms with van der Waals surface area (Å²) in [6.07, 6.45) is 9.02. The van der Waals surface area contributed by atoms with Crippen molar-refractivity contribution in [2.75, 3.05) is 19.6 Å². The number of carbonyl (C=O) groups is 1. The van der Waals surface area contributed by atoms with E-state index in [9.17, 15) is 9.59 Å². The van der Waals surface area contributed by atoms with Gasteiger partial charge in [-0.25, -0.2) is 4.98 Å². The first kappa shape index (κ1) is 20.1. The second-order valence-corrected chi connectivity index (χ2v) is 8.38. The summed E-state index contributed by atoms with van der Waals surface area (Å²) in [4.78, 5) is 32.5. The highest BCUT2D eigenvalue weighted by atomic mass is 16.1. The maximum atomic E-state index is 12.7. The first-order valence-electron chi connectivity index (χ1n) is 11.2. The number of hydrogen-bond acceptors (Lipinski definition) is 4. The van der Waals surface area contributed by atoms with Crippen molar-refractivity contribution in [3.05, 3.63) is 39.9 Å². The lowest BCUT2D eigenvalue weighted by Gasteiger charge is -2.35. The molecular weight excluding hydrogens is 364 g/mol. The second-order valence-electron chi connectivity index (χ2n) is 8.38. The van der Waals surface area contributed by atoms with Crippen LogP contribution in [0.15, 0.2) is 23.0 Å². The Morgan fingerprint density at radius 1 is 1.21 bits per heavy atom. The molecule has 2 aliphatic rings. The fraction of sp³-hybridized carbons (Fsp3) is 0.609. The number of aromatic nitrogens is 2. The highest BCUT2D eigenvalue weighted by Crippen LogP contribution is 2.19. The van der Waals surface area contributed by atoms with Crippen LogP contribution in [0, 0.1) is 0 Å². The average molecular weight is 397 g/mol. The number of piperidine rings is 1. The Bertz CT molecular complexity index is 936. The van der Waals surface area contributed by atoms with Crippen molar-refractivity contribution in [1.82, 2.24) is 19.8 Å². The van der Waals surface area contributed by atoms with Gasteiger partial charge in [-0.15, -0.1) is 0 Å². The largest absolute Gasteiger partial charge is 0.352 e. The maximum Gasteiger partial charge on any atom is 0.261 e. The van der Waals surface area contributed by atoms with Crippen LogP contribution in [0.25, 0.3) is 10.9 Å². The Hall–Kier alpha value is -2.21. The first-order chi connectivity index (χ1) is 14.2. The van der Waals surface area contributed by atoms with Gasteiger partial charge in [0.05, 0.1) is 10.9 Å². The van der Waals surface area contributed by atoms with Gasteiger partial charge in [0.25, 0.3) is 11.5 Å². The van der Waals surface area contributed by atoms with Crippen LogP contribution >= 0.6 is 0 Å². The highest BCUT2D eigenvalue weighted by Gasteiger charge is 2.20. The molecule has 29 heavy (non-hydrogen) atoms. The van der Waals surface area contributed by atoms with Crippen molar-refractivity contribution < 1.29 is 4.79 Å². The van der Waals surface area contributed by atoms with Crippen molar-refractivity contribution in [1.29, 1.82) is 0 Å². The van der Waals surface area contributed by atoms with E-state index >= 15 is 0 Å². The molecule has 2 aliphatic heterocycles. The molecule has 1 amide bonds. The van der Waals surface area contributed by atoms with Crippen LogP contribution in [0.1, 0.15) is 68.1 Å². The van der Waals surface area contributed by atoms with Gasteiger partial charge in [-0.05, 0) is 63.3 Å². The van der Waals surface area contributed by atoms with E-state index in [1.165, 1.54) is 32.2 Å². The molecule has 1 aromatic heterocycles. The molecule has 1 fully saturated rings. The lowest BCUT2D eigenvalue weighted by atomic mass is 10.00. The monoisotopic (exact) mass is 396 g/mol. The van der Waals surface area contributed by atoms with E-state index in [1.807, 2.05) is 0 Å². The molecule has 0 saturated carbocycles. The minimum atomic E-state index is -0.0859. The molecule has 1 N–H and O–H groups in total. The second kappa shape index (κ2) is 9.08. The number of nitrogens with zero attached hydrogens (tertiary/aromatic N) is 3. The molecule has 2 aromatic rings. The lowest BCUT2D eigenvalue weighted by molar-refractivity contribution is 0.0947. The quantitative estimate of drug-likeness (QED) is 0.762. The molecule has 6 nitrogen and oxygen atoms in total. The molecule has 0 spiro atoms. The van der Waals surface area contributed by atoms with Crippen molar-refractivity contribution in [2.24, 2.45) is 0 Å². The summed E-state index contributed by atoms with van der Waals surface area (Å²) in [6, 6.07) is 5.96. The molecule has 0 bridgehead atoms. The van der Waals surface area contributed by atoms with E-state index in [2.05, 4.69) is 22.1 Å². The molecule has 1 aromatic carbocycles. The van der Waals surface area contributed by atoms with Crippen LogP contribution < -0.4 is 10.9 Å². The van der Waals surface area contributed by atoms with Crippen molar-refractivity contribution >= 4 is 16.8 Å². The zero-order valence-corrected chi connectivity index (χ0v) is 17.5. The van der Waals surface area contributed by atoms with Gasteiger partial charge < -0.3 is 10.2 Å². The third kappa shape index (κ3) is 4.37. The fourth-order valence-corrected chi connectivity index (χ4v) is 4.79. The number of carbonyl (C=O) groups excluding carboxylic acids is 1. The van der Waals surface area contributed by atoms with Gasteiger partial charge in [0.15, 0.2) is 0 Å². The van der Waals surface area contributed by atoms with E-state index in [1.54, 1.807) is 22.8 Å². The number of likely N-dealkylation sites (tertiary alicyclic amines) is 1. The molecule has 156 valence electrons. The van der Waals surface area contributed by atoms with Gasteiger partial charge in [0.1, 0.15) is 5.82 Å². The Kier molecular flexibility index (Phi) is 6.28. The third-order valence-electron chi connectivity index (χ3n) is 6.46. The van der Waals surface area contributed by atoms with Gasteiger partial charge in [0.2, 0.25) is 0 Å². The van der Waals surface area contributed by atoms with E-state index in [0.717, 1.165) is 44.6 Å². The summed E-state index contributed by atoms with van der Waals surface area (Å²) in [5.41, 5.74) is 1.23. The zero-order valence-electron chi connectivity index (χ0n) is 17.5. The molecule has 0 radical (unpaired) electrons. The molecule has 3 heterocycles. The summed E-state index contributed by atoms with van der Waals surface area (Å²) in [5, 5.41) is 3.64. The fourth-order valence-electron chi connectivity index (χ4n) is 4.79. The summed E-state index contributed by atoms with van der Waals surface area (Å²) < 4.78 is 1.79. The summed E-state index contributed by atoms with van der Waals surface area (Å²) in [5.74, 6) is 0.760. The van der Waals surface area contributed by atoms with Gasteiger partial charge >= 0.3 is 0 Å². The number of hydrogen-bond donors (Lipinski definition) is 1. The van der Waals surface area contributed by atoms with Crippen molar-refractivity contribution in [3.8, 4) is 0 Å². The number of amides is 1. The molecule has 1 saturated heterocycles. The van der Waals surface area contributed by atoms with Gasteiger partial charge in [-0.3, -0.25) is 14.2 Å². The van der Waals surface area contributed by atoms with E-state index in [0.29, 0.717) is 29.1 Å². The van der Waals surface area contributed by atoms with Crippen LogP contribution in [-0.4, -0.2) is 46.0 Å². The number of benzene rings is 1. The van der Waals surface area contributed by atoms with Gasteiger partial charge in [-0.1, -0.05) is 13.3 Å². The number of aryl methyl sites for hydroxylation is 1. The van der Waals surface area contributed by atoms with Crippen LogP contribution in [0.3, 0.4) is 0 Å². The Labute approximate surface area is 172 Å². The summed E-state index contributed by atoms with van der Waals surface area (Å²) in [6.45, 7) is 5.91. The molecule has 6 heteroatoms. The Morgan fingerprint density at radius 2 is 2.07 bits per heavy atom. The Balaban J connectivity index is 1.38. The Morgan fingerprint density at radius 3 is 2.93 bits per heavy atom.